The van der Waals surface area contributed by atoms with E-state index in [1.807, 2.05) is 60.7 Å². The molecule has 22 heavy (non-hydrogen) atoms. The summed E-state index contributed by atoms with van der Waals surface area (Å²) in [6.45, 7) is 0. The minimum absolute atomic E-state index is 0.597. The van der Waals surface area contributed by atoms with Gasteiger partial charge in [0, 0.05) is 10.6 Å². The molecule has 0 bridgehead atoms. The van der Waals surface area contributed by atoms with Gasteiger partial charge >= 0.3 is 0 Å². The largest absolute Gasteiger partial charge is 0.463 e. The highest BCUT2D eigenvalue weighted by molar-refractivity contribution is 7.76. The third kappa shape index (κ3) is 3.02. The van der Waals surface area contributed by atoms with Crippen molar-refractivity contribution in [1.29, 1.82) is 0 Å². The van der Waals surface area contributed by atoms with Gasteiger partial charge in [0.25, 0.3) is 0 Å². The molecule has 0 saturated heterocycles. The molecule has 0 aliphatic heterocycles. The molecule has 2 aromatic carbocycles. The lowest BCUT2D eigenvalue weighted by Crippen LogP contribution is -2.24. The van der Waals surface area contributed by atoms with Crippen LogP contribution in [0.5, 0.6) is 0 Å². The molecule has 0 saturated carbocycles. The zero-order valence-electron chi connectivity index (χ0n) is 11.8. The topological polar surface area (TPSA) is 54.6 Å². The van der Waals surface area contributed by atoms with Crippen LogP contribution < -0.4 is 15.8 Å². The first kappa shape index (κ1) is 14.4. The molecule has 5 heteroatoms. The number of rotatable bonds is 5. The van der Waals surface area contributed by atoms with Gasteiger partial charge in [-0.3, -0.25) is 9.76 Å². The van der Waals surface area contributed by atoms with Crippen LogP contribution in [0.4, 0.5) is 0 Å². The normalized spacial score (nSPS) is 11.6. The Morgan fingerprint density at radius 1 is 0.864 bits per heavy atom. The number of furan rings is 1. The SMILES string of the molecule is O=P(N/N=C\c1ccco1)(c1ccccc1)c1ccccc1. The molecule has 0 fully saturated rings. The summed E-state index contributed by atoms with van der Waals surface area (Å²) in [5.41, 5.74) is 0. The highest BCUT2D eigenvalue weighted by Crippen LogP contribution is 2.38. The Kier molecular flexibility index (Phi) is 4.22. The Hall–Kier alpha value is -2.58. The molecule has 0 amide bonds. The van der Waals surface area contributed by atoms with E-state index < -0.39 is 7.29 Å². The number of hydrogen-bond acceptors (Lipinski definition) is 3. The maximum Gasteiger partial charge on any atom is 0.242 e. The quantitative estimate of drug-likeness (QED) is 0.447. The number of nitrogens with zero attached hydrogens (tertiary/aromatic N) is 1. The summed E-state index contributed by atoms with van der Waals surface area (Å²) in [5, 5.41) is 8.35. The summed E-state index contributed by atoms with van der Waals surface area (Å²) in [4.78, 5) is 0. The van der Waals surface area contributed by atoms with E-state index in [1.165, 1.54) is 6.21 Å². The van der Waals surface area contributed by atoms with Crippen molar-refractivity contribution in [2.24, 2.45) is 5.10 Å². The van der Waals surface area contributed by atoms with Crippen molar-refractivity contribution in [2.75, 3.05) is 0 Å². The first-order valence-electron chi connectivity index (χ1n) is 6.84. The molecular formula is C17H15N2O2P. The van der Waals surface area contributed by atoms with Crippen molar-refractivity contribution in [3.8, 4) is 0 Å². The van der Waals surface area contributed by atoms with E-state index in [0.29, 0.717) is 16.4 Å². The summed E-state index contributed by atoms with van der Waals surface area (Å²) in [5.74, 6) is 0.597. The lowest BCUT2D eigenvalue weighted by Gasteiger charge is -2.18. The van der Waals surface area contributed by atoms with Crippen LogP contribution in [0.1, 0.15) is 5.76 Å². The molecule has 4 nitrogen and oxygen atoms in total. The third-order valence-electron chi connectivity index (χ3n) is 3.17. The molecule has 0 spiro atoms. The minimum Gasteiger partial charge on any atom is -0.463 e. The van der Waals surface area contributed by atoms with Gasteiger partial charge in [-0.05, 0) is 36.4 Å². The summed E-state index contributed by atoms with van der Waals surface area (Å²) >= 11 is 0. The van der Waals surface area contributed by atoms with Gasteiger partial charge in [-0.1, -0.05) is 36.4 Å². The first-order chi connectivity index (χ1) is 10.8. The monoisotopic (exact) mass is 310 g/mol. The fraction of sp³-hybridized carbons (Fsp3) is 0. The predicted octanol–water partition coefficient (Wildman–Crippen LogP) is 3.13. The maximum atomic E-state index is 13.5. The van der Waals surface area contributed by atoms with Crippen LogP contribution in [0.2, 0.25) is 0 Å². The van der Waals surface area contributed by atoms with Gasteiger partial charge in [0.05, 0.1) is 12.5 Å². The Bertz CT molecular complexity index is 741. The second kappa shape index (κ2) is 6.46. The van der Waals surface area contributed by atoms with E-state index >= 15 is 0 Å². The van der Waals surface area contributed by atoms with E-state index in [-0.39, 0.29) is 0 Å². The summed E-state index contributed by atoms with van der Waals surface area (Å²) in [6, 6.07) is 22.1. The van der Waals surface area contributed by atoms with Crippen LogP contribution >= 0.6 is 7.29 Å². The maximum absolute atomic E-state index is 13.5. The van der Waals surface area contributed by atoms with Crippen molar-refractivity contribution in [3.05, 3.63) is 84.8 Å². The standard InChI is InChI=1S/C17H15N2O2P/c20-22(16-9-3-1-4-10-16,17-11-5-2-6-12-17)19-18-14-15-8-7-13-21-15/h1-14H,(H,19,20)/b18-14-. The highest BCUT2D eigenvalue weighted by Gasteiger charge is 2.26. The molecule has 0 unspecified atom stereocenters. The Morgan fingerprint density at radius 2 is 1.45 bits per heavy atom. The molecule has 1 heterocycles. The molecule has 1 aromatic heterocycles. The third-order valence-corrected chi connectivity index (χ3v) is 5.62. The molecule has 0 aliphatic rings. The van der Waals surface area contributed by atoms with E-state index in [4.69, 9.17) is 4.42 Å². The first-order valence-corrected chi connectivity index (χ1v) is 8.55. The van der Waals surface area contributed by atoms with Gasteiger partial charge in [0.15, 0.2) is 0 Å². The van der Waals surface area contributed by atoms with Crippen molar-refractivity contribution >= 4 is 24.1 Å². The van der Waals surface area contributed by atoms with Crippen molar-refractivity contribution in [1.82, 2.24) is 5.20 Å². The summed E-state index contributed by atoms with van der Waals surface area (Å²) in [7, 11) is -3.03. The van der Waals surface area contributed by atoms with Crippen LogP contribution in [0.15, 0.2) is 88.6 Å². The average molecular weight is 310 g/mol. The molecule has 0 aliphatic carbocycles. The van der Waals surface area contributed by atoms with Gasteiger partial charge in [-0.15, -0.1) is 0 Å². The molecule has 1 N–H and O–H groups in total. The predicted molar refractivity (Wildman–Crippen MR) is 89.2 cm³/mol. The van der Waals surface area contributed by atoms with E-state index in [9.17, 15) is 4.57 Å². The second-order valence-electron chi connectivity index (χ2n) is 4.65. The summed E-state index contributed by atoms with van der Waals surface area (Å²) in [6.07, 6.45) is 3.08. The van der Waals surface area contributed by atoms with Crippen molar-refractivity contribution in [2.45, 2.75) is 0 Å². The van der Waals surface area contributed by atoms with E-state index in [2.05, 4.69) is 10.3 Å². The Balaban J connectivity index is 1.95. The second-order valence-corrected chi connectivity index (χ2v) is 7.11. The molecular weight excluding hydrogens is 295 g/mol. The molecule has 3 aromatic rings. The van der Waals surface area contributed by atoms with Gasteiger partial charge in [-0.2, -0.15) is 5.10 Å². The van der Waals surface area contributed by atoms with E-state index in [0.717, 1.165) is 0 Å². The van der Waals surface area contributed by atoms with Gasteiger partial charge < -0.3 is 4.42 Å². The zero-order chi connectivity index (χ0) is 15.3. The van der Waals surface area contributed by atoms with Crippen molar-refractivity contribution < 1.29 is 8.98 Å². The molecule has 3 rings (SSSR count). The Morgan fingerprint density at radius 3 is 1.95 bits per heavy atom. The zero-order valence-corrected chi connectivity index (χ0v) is 12.7. The fourth-order valence-corrected chi connectivity index (χ4v) is 4.01. The number of hydrazone groups is 1. The number of hydrogen-bond donors (Lipinski definition) is 1. The van der Waals surface area contributed by atoms with Crippen LogP contribution in [-0.4, -0.2) is 6.21 Å². The number of nitrogens with one attached hydrogen (secondary N) is 1. The lowest BCUT2D eigenvalue weighted by atomic mass is 10.4. The van der Waals surface area contributed by atoms with Crippen LogP contribution in [0.3, 0.4) is 0 Å². The highest BCUT2D eigenvalue weighted by atomic mass is 31.2. The van der Waals surface area contributed by atoms with Crippen molar-refractivity contribution in [3.63, 3.8) is 0 Å². The Labute approximate surface area is 128 Å². The molecule has 0 radical (unpaired) electrons. The fourth-order valence-electron chi connectivity index (χ4n) is 2.08. The smallest absolute Gasteiger partial charge is 0.242 e. The lowest BCUT2D eigenvalue weighted by molar-refractivity contribution is 0.559. The van der Waals surface area contributed by atoms with Crippen LogP contribution in [0, 0.1) is 0 Å². The molecule has 0 atom stereocenters. The van der Waals surface area contributed by atoms with Gasteiger partial charge in [0.1, 0.15) is 5.76 Å². The number of benzene rings is 2. The summed E-state index contributed by atoms with van der Waals surface area (Å²) < 4.78 is 18.7. The average Bonchev–Trinajstić information content (AvgIpc) is 3.10. The molecule has 110 valence electrons. The van der Waals surface area contributed by atoms with Gasteiger partial charge in [-0.25, -0.2) is 0 Å². The minimum atomic E-state index is -3.03. The van der Waals surface area contributed by atoms with Crippen LogP contribution in [0.25, 0.3) is 0 Å². The van der Waals surface area contributed by atoms with E-state index in [1.54, 1.807) is 18.4 Å². The van der Waals surface area contributed by atoms with Crippen LogP contribution in [-0.2, 0) is 4.57 Å². The van der Waals surface area contributed by atoms with Gasteiger partial charge in [0.2, 0.25) is 7.29 Å².